The average Bonchev–Trinajstić information content (AvgIpc) is 3.28. The third kappa shape index (κ3) is 5.24. The summed E-state index contributed by atoms with van der Waals surface area (Å²) in [6.45, 7) is 10.9. The van der Waals surface area contributed by atoms with Gasteiger partial charge in [0.25, 0.3) is 0 Å². The van der Waals surface area contributed by atoms with Gasteiger partial charge < -0.3 is 9.80 Å². The molecule has 4 heteroatoms. The fraction of sp³-hybridized carbons (Fsp3) is 0.625. The van der Waals surface area contributed by atoms with Gasteiger partial charge in [0.1, 0.15) is 0 Å². The van der Waals surface area contributed by atoms with Gasteiger partial charge in [0.2, 0.25) is 0 Å². The van der Waals surface area contributed by atoms with Crippen LogP contribution in [0.5, 0.6) is 0 Å². The topological polar surface area (TPSA) is 24.3 Å². The van der Waals surface area contributed by atoms with E-state index in [-0.39, 0.29) is 0 Å². The lowest BCUT2D eigenvalue weighted by Crippen LogP contribution is -2.42. The summed E-state index contributed by atoms with van der Waals surface area (Å²) in [7, 11) is 0. The highest BCUT2D eigenvalue weighted by Crippen LogP contribution is 2.33. The predicted molar refractivity (Wildman–Crippen MR) is 115 cm³/mol. The summed E-state index contributed by atoms with van der Waals surface area (Å²) in [6, 6.07) is 13.0. The zero-order chi connectivity index (χ0) is 19.2. The molecule has 1 atom stereocenters. The van der Waals surface area contributed by atoms with E-state index in [1.165, 1.54) is 64.0 Å². The third-order valence-electron chi connectivity index (χ3n) is 7.04. The first-order chi connectivity index (χ1) is 13.8. The number of hydrogen-bond acceptors (Lipinski definition) is 3. The van der Waals surface area contributed by atoms with E-state index in [0.717, 1.165) is 24.9 Å². The van der Waals surface area contributed by atoms with Crippen LogP contribution in [-0.2, 0) is 6.54 Å². The van der Waals surface area contributed by atoms with Crippen LogP contribution < -0.4 is 0 Å². The van der Waals surface area contributed by atoms with E-state index in [0.29, 0.717) is 5.92 Å². The molecule has 0 radical (unpaired) electrons. The highest BCUT2D eigenvalue weighted by Gasteiger charge is 2.29. The molecule has 4 nitrogen and oxygen atoms in total. The molecule has 4 rings (SSSR count). The van der Waals surface area contributed by atoms with Crippen molar-refractivity contribution in [3.05, 3.63) is 54.4 Å². The zero-order valence-electron chi connectivity index (χ0n) is 17.4. The molecule has 1 aromatic carbocycles. The number of likely N-dealkylation sites (tertiary alicyclic amines) is 2. The van der Waals surface area contributed by atoms with Gasteiger partial charge in [-0.05, 0) is 81.2 Å². The average molecular weight is 381 g/mol. The smallest absolute Gasteiger partial charge is 0.0536 e. The van der Waals surface area contributed by atoms with E-state index < -0.39 is 0 Å². The molecule has 2 saturated heterocycles. The fourth-order valence-corrected chi connectivity index (χ4v) is 5.21. The Bertz CT molecular complexity index is 668. The van der Waals surface area contributed by atoms with E-state index in [2.05, 4.69) is 63.0 Å². The van der Waals surface area contributed by atoms with Gasteiger partial charge in [0.05, 0.1) is 6.54 Å². The van der Waals surface area contributed by atoms with Crippen LogP contribution in [0.2, 0.25) is 0 Å². The van der Waals surface area contributed by atoms with Crippen molar-refractivity contribution in [1.29, 1.82) is 0 Å². The van der Waals surface area contributed by atoms with Crippen molar-refractivity contribution >= 4 is 0 Å². The van der Waals surface area contributed by atoms with Crippen molar-refractivity contribution in [1.82, 2.24) is 19.6 Å². The third-order valence-corrected chi connectivity index (χ3v) is 7.04. The van der Waals surface area contributed by atoms with E-state index in [9.17, 15) is 0 Å². The lowest BCUT2D eigenvalue weighted by molar-refractivity contribution is 0.0926. The molecule has 0 bridgehead atoms. The lowest BCUT2D eigenvalue weighted by atomic mass is 9.78. The van der Waals surface area contributed by atoms with Gasteiger partial charge in [-0.15, -0.1) is 0 Å². The first-order valence-corrected chi connectivity index (χ1v) is 11.2. The van der Waals surface area contributed by atoms with E-state index in [1.54, 1.807) is 0 Å². The lowest BCUT2D eigenvalue weighted by Gasteiger charge is -2.40. The summed E-state index contributed by atoms with van der Waals surface area (Å²) in [6.07, 6.45) is 9.53. The van der Waals surface area contributed by atoms with Gasteiger partial charge in [-0.1, -0.05) is 37.3 Å². The molecule has 152 valence electrons. The number of nitrogens with zero attached hydrogens (tertiary/aromatic N) is 4. The Morgan fingerprint density at radius 1 is 0.857 bits per heavy atom. The second kappa shape index (κ2) is 9.71. The van der Waals surface area contributed by atoms with Crippen LogP contribution in [0, 0.1) is 11.8 Å². The summed E-state index contributed by atoms with van der Waals surface area (Å²) < 4.78 is 2.05. The van der Waals surface area contributed by atoms with Gasteiger partial charge in [-0.3, -0.25) is 4.68 Å². The quantitative estimate of drug-likeness (QED) is 0.722. The first-order valence-electron chi connectivity index (χ1n) is 11.2. The fourth-order valence-electron chi connectivity index (χ4n) is 5.21. The molecule has 2 aliphatic rings. The van der Waals surface area contributed by atoms with Crippen LogP contribution in [0.15, 0.2) is 48.8 Å². The molecule has 0 amide bonds. The van der Waals surface area contributed by atoms with Crippen molar-refractivity contribution in [3.8, 4) is 0 Å². The predicted octanol–water partition coefficient (Wildman–Crippen LogP) is 4.11. The highest BCUT2D eigenvalue weighted by molar-refractivity contribution is 5.19. The standard InChI is InChI=1S/C24H36N4/c1-21(22-6-3-2-4-7-22)20-27-16-10-24(11-17-27)23-8-14-26(15-9-23)18-19-28-13-5-12-25-28/h2-7,12-13,21,23-24H,8-11,14-20H2,1H3. The van der Waals surface area contributed by atoms with Crippen molar-refractivity contribution in [2.75, 3.05) is 39.3 Å². The van der Waals surface area contributed by atoms with Crippen molar-refractivity contribution in [2.45, 2.75) is 45.1 Å². The summed E-state index contributed by atoms with van der Waals surface area (Å²) in [5.41, 5.74) is 1.48. The molecule has 1 unspecified atom stereocenters. The van der Waals surface area contributed by atoms with Gasteiger partial charge in [-0.2, -0.15) is 5.10 Å². The molecule has 0 aliphatic carbocycles. The molecule has 28 heavy (non-hydrogen) atoms. The number of piperidine rings is 2. The SMILES string of the molecule is CC(CN1CCC(C2CCN(CCn3cccn3)CC2)CC1)c1ccccc1. The van der Waals surface area contributed by atoms with Gasteiger partial charge >= 0.3 is 0 Å². The Kier molecular flexibility index (Phi) is 6.81. The summed E-state index contributed by atoms with van der Waals surface area (Å²) in [5, 5.41) is 4.32. The monoisotopic (exact) mass is 380 g/mol. The van der Waals surface area contributed by atoms with E-state index >= 15 is 0 Å². The molecule has 0 N–H and O–H groups in total. The largest absolute Gasteiger partial charge is 0.303 e. The van der Waals surface area contributed by atoms with Crippen molar-refractivity contribution in [3.63, 3.8) is 0 Å². The Balaban J connectivity index is 1.15. The van der Waals surface area contributed by atoms with Crippen LogP contribution in [-0.4, -0.2) is 58.8 Å². The minimum absolute atomic E-state index is 0.635. The number of rotatable bonds is 7. The van der Waals surface area contributed by atoms with Gasteiger partial charge in [-0.25, -0.2) is 0 Å². The van der Waals surface area contributed by atoms with E-state index in [1.807, 2.05) is 12.3 Å². The molecule has 2 aromatic rings. The minimum Gasteiger partial charge on any atom is -0.303 e. The van der Waals surface area contributed by atoms with E-state index in [4.69, 9.17) is 0 Å². The first kappa shape index (κ1) is 19.7. The van der Waals surface area contributed by atoms with Gasteiger partial charge in [0.15, 0.2) is 0 Å². The Hall–Kier alpha value is -1.65. The second-order valence-electron chi connectivity index (χ2n) is 8.90. The Labute approximate surface area is 170 Å². The Morgan fingerprint density at radius 3 is 2.11 bits per heavy atom. The van der Waals surface area contributed by atoms with Crippen molar-refractivity contribution in [2.24, 2.45) is 11.8 Å². The summed E-state index contributed by atoms with van der Waals surface area (Å²) in [5.74, 6) is 2.54. The van der Waals surface area contributed by atoms with Crippen LogP contribution in [0.3, 0.4) is 0 Å². The normalized spacial score (nSPS) is 21.8. The maximum absolute atomic E-state index is 4.32. The number of aromatic nitrogens is 2. The van der Waals surface area contributed by atoms with Gasteiger partial charge in [0, 0.05) is 25.5 Å². The maximum atomic E-state index is 4.32. The molecular weight excluding hydrogens is 344 g/mol. The van der Waals surface area contributed by atoms with Crippen molar-refractivity contribution < 1.29 is 0 Å². The summed E-state index contributed by atoms with van der Waals surface area (Å²) >= 11 is 0. The number of hydrogen-bond donors (Lipinski definition) is 0. The van der Waals surface area contributed by atoms with Crippen LogP contribution in [0.4, 0.5) is 0 Å². The molecule has 2 aliphatic heterocycles. The molecule has 0 saturated carbocycles. The summed E-state index contributed by atoms with van der Waals surface area (Å²) in [4.78, 5) is 5.34. The molecule has 0 spiro atoms. The van der Waals surface area contributed by atoms with Crippen LogP contribution in [0.1, 0.15) is 44.1 Å². The highest BCUT2D eigenvalue weighted by atomic mass is 15.3. The van der Waals surface area contributed by atoms with Crippen LogP contribution in [0.25, 0.3) is 0 Å². The van der Waals surface area contributed by atoms with Crippen LogP contribution >= 0.6 is 0 Å². The molecule has 1 aromatic heterocycles. The Morgan fingerprint density at radius 2 is 1.50 bits per heavy atom. The second-order valence-corrected chi connectivity index (χ2v) is 8.90. The number of benzene rings is 1. The molecule has 3 heterocycles. The minimum atomic E-state index is 0.635. The molecule has 2 fully saturated rings. The molecular formula is C24H36N4. The maximum Gasteiger partial charge on any atom is 0.0536 e. The zero-order valence-corrected chi connectivity index (χ0v) is 17.4.